The number of hydrogen-bond acceptors (Lipinski definition) is 4. The first-order chi connectivity index (χ1) is 7.65. The predicted molar refractivity (Wildman–Crippen MR) is 60.6 cm³/mol. The fraction of sp³-hybridized carbons (Fsp3) is 0.364. The molecule has 3 N–H and O–H groups in total. The molecule has 0 radical (unpaired) electrons. The van der Waals surface area contributed by atoms with Crippen molar-refractivity contribution in [2.45, 2.75) is 0 Å². The van der Waals surface area contributed by atoms with Crippen molar-refractivity contribution in [3.8, 4) is 0 Å². The van der Waals surface area contributed by atoms with Crippen LogP contribution in [0.1, 0.15) is 0 Å². The molecule has 1 saturated heterocycles. The molecule has 0 atom stereocenters. The summed E-state index contributed by atoms with van der Waals surface area (Å²) in [5.74, 6) is -0.468. The number of morpholine rings is 1. The Morgan fingerprint density at radius 1 is 1.38 bits per heavy atom. The highest BCUT2D eigenvalue weighted by Gasteiger charge is 2.10. The summed E-state index contributed by atoms with van der Waals surface area (Å²) in [5.41, 5.74) is 5.93. The summed E-state index contributed by atoms with van der Waals surface area (Å²) in [5, 5.41) is 8.75. The van der Waals surface area contributed by atoms with Crippen LogP contribution in [0.4, 0.5) is 0 Å². The quantitative estimate of drug-likeness (QED) is 0.531. The van der Waals surface area contributed by atoms with Crippen LogP contribution in [0.15, 0.2) is 36.2 Å². The number of rotatable bonds is 4. The lowest BCUT2D eigenvalue weighted by Crippen LogP contribution is -2.38. The zero-order valence-electron chi connectivity index (χ0n) is 9.06. The van der Waals surface area contributed by atoms with E-state index in [1.165, 1.54) is 12.2 Å². The van der Waals surface area contributed by atoms with Crippen molar-refractivity contribution >= 4 is 5.97 Å². The Hall–Kier alpha value is -1.75. The lowest BCUT2D eigenvalue weighted by Gasteiger charge is -2.28. The van der Waals surface area contributed by atoms with E-state index in [2.05, 4.69) is 6.58 Å². The van der Waals surface area contributed by atoms with Crippen molar-refractivity contribution in [2.24, 2.45) is 5.73 Å². The van der Waals surface area contributed by atoms with Crippen molar-refractivity contribution in [3.05, 3.63) is 36.2 Å². The smallest absolute Gasteiger partial charge is 0.335 e. The lowest BCUT2D eigenvalue weighted by molar-refractivity contribution is -0.132. The van der Waals surface area contributed by atoms with Crippen molar-refractivity contribution in [2.75, 3.05) is 26.3 Å². The summed E-state index contributed by atoms with van der Waals surface area (Å²) in [6, 6.07) is 0. The average Bonchev–Trinajstić information content (AvgIpc) is 2.30. The number of carboxylic acid groups (broad SMARTS) is 1. The zero-order chi connectivity index (χ0) is 12.0. The number of ether oxygens (including phenoxy) is 1. The molecular weight excluding hydrogens is 208 g/mol. The van der Waals surface area contributed by atoms with Crippen LogP contribution >= 0.6 is 0 Å². The van der Waals surface area contributed by atoms with Gasteiger partial charge in [-0.05, 0) is 12.2 Å². The molecule has 5 heteroatoms. The average molecular weight is 224 g/mol. The summed E-state index contributed by atoms with van der Waals surface area (Å²) in [6.45, 7) is 6.17. The maximum absolute atomic E-state index is 10.7. The summed E-state index contributed by atoms with van der Waals surface area (Å²) >= 11 is 0. The number of hydrogen-bond donors (Lipinski definition) is 2. The normalized spacial score (nSPS) is 18.4. The molecule has 1 heterocycles. The van der Waals surface area contributed by atoms with Gasteiger partial charge in [-0.25, -0.2) is 4.79 Å². The van der Waals surface area contributed by atoms with Gasteiger partial charge >= 0.3 is 5.97 Å². The van der Waals surface area contributed by atoms with Crippen LogP contribution in [0.5, 0.6) is 0 Å². The standard InChI is InChI=1S/C11H16N2O3/c1-2-9(11(14)15)3-4-10(12)13-5-7-16-8-6-13/h2-4H,1,5-8,12H2,(H,14,15)/b9-3+,10-4+. The van der Waals surface area contributed by atoms with Crippen molar-refractivity contribution in [3.63, 3.8) is 0 Å². The van der Waals surface area contributed by atoms with Gasteiger partial charge in [0.1, 0.15) is 0 Å². The van der Waals surface area contributed by atoms with Gasteiger partial charge in [0.15, 0.2) is 0 Å². The second kappa shape index (κ2) is 5.97. The molecule has 0 bridgehead atoms. The Labute approximate surface area is 94.5 Å². The van der Waals surface area contributed by atoms with Gasteiger partial charge in [0.05, 0.1) is 24.6 Å². The fourth-order valence-electron chi connectivity index (χ4n) is 1.33. The summed E-state index contributed by atoms with van der Waals surface area (Å²) in [4.78, 5) is 12.6. The molecule has 16 heavy (non-hydrogen) atoms. The third-order valence-electron chi connectivity index (χ3n) is 2.28. The number of nitrogens with zero attached hydrogens (tertiary/aromatic N) is 1. The molecule has 1 rings (SSSR count). The van der Waals surface area contributed by atoms with Crippen LogP contribution in [-0.4, -0.2) is 42.3 Å². The van der Waals surface area contributed by atoms with E-state index in [9.17, 15) is 4.79 Å². The second-order valence-electron chi connectivity index (χ2n) is 3.32. The van der Waals surface area contributed by atoms with E-state index in [4.69, 9.17) is 15.6 Å². The highest BCUT2D eigenvalue weighted by atomic mass is 16.5. The molecule has 88 valence electrons. The van der Waals surface area contributed by atoms with Crippen LogP contribution in [0.3, 0.4) is 0 Å². The van der Waals surface area contributed by atoms with Crippen molar-refractivity contribution in [1.82, 2.24) is 4.90 Å². The Bertz CT molecular complexity index is 328. The first kappa shape index (κ1) is 12.3. The van der Waals surface area contributed by atoms with E-state index < -0.39 is 5.97 Å². The minimum Gasteiger partial charge on any atom is -0.478 e. The summed E-state index contributed by atoms with van der Waals surface area (Å²) < 4.78 is 5.18. The topological polar surface area (TPSA) is 75.8 Å². The zero-order valence-corrected chi connectivity index (χ0v) is 9.06. The van der Waals surface area contributed by atoms with Gasteiger partial charge in [-0.15, -0.1) is 0 Å². The number of allylic oxidation sites excluding steroid dienone is 2. The Morgan fingerprint density at radius 3 is 2.50 bits per heavy atom. The van der Waals surface area contributed by atoms with Crippen molar-refractivity contribution < 1.29 is 14.6 Å². The molecule has 0 saturated carbocycles. The molecular formula is C11H16N2O3. The fourth-order valence-corrected chi connectivity index (χ4v) is 1.33. The lowest BCUT2D eigenvalue weighted by atomic mass is 10.2. The number of carbonyl (C=O) groups is 1. The molecule has 1 aliphatic rings. The molecule has 0 aromatic heterocycles. The Balaban J connectivity index is 2.67. The molecule has 1 aliphatic heterocycles. The van der Waals surface area contributed by atoms with Crippen LogP contribution in [0.2, 0.25) is 0 Å². The third kappa shape index (κ3) is 3.43. The molecule has 5 nitrogen and oxygen atoms in total. The van der Waals surface area contributed by atoms with Gasteiger partial charge in [0, 0.05) is 13.1 Å². The summed E-state index contributed by atoms with van der Waals surface area (Å²) in [7, 11) is 0. The van der Waals surface area contributed by atoms with Crippen LogP contribution < -0.4 is 5.73 Å². The van der Waals surface area contributed by atoms with E-state index in [0.717, 1.165) is 13.1 Å². The van der Waals surface area contributed by atoms with E-state index in [-0.39, 0.29) is 5.57 Å². The van der Waals surface area contributed by atoms with Crippen LogP contribution in [0.25, 0.3) is 0 Å². The van der Waals surface area contributed by atoms with Gasteiger partial charge in [-0.1, -0.05) is 12.7 Å². The van der Waals surface area contributed by atoms with E-state index >= 15 is 0 Å². The molecule has 0 amide bonds. The molecule has 0 aliphatic carbocycles. The number of nitrogens with two attached hydrogens (primary N) is 1. The number of aliphatic carboxylic acids is 1. The minimum absolute atomic E-state index is 0.121. The van der Waals surface area contributed by atoms with Gasteiger partial charge < -0.3 is 20.5 Å². The number of carboxylic acids is 1. The van der Waals surface area contributed by atoms with Crippen molar-refractivity contribution in [1.29, 1.82) is 0 Å². The van der Waals surface area contributed by atoms with Gasteiger partial charge in [0.25, 0.3) is 0 Å². The Kier molecular flexibility index (Phi) is 4.60. The first-order valence-corrected chi connectivity index (χ1v) is 5.01. The molecule has 0 unspecified atom stereocenters. The highest BCUT2D eigenvalue weighted by molar-refractivity contribution is 5.89. The minimum atomic E-state index is -1.01. The Morgan fingerprint density at radius 2 is 2.00 bits per heavy atom. The molecule has 0 aromatic carbocycles. The maximum atomic E-state index is 10.7. The van der Waals surface area contributed by atoms with Crippen LogP contribution in [-0.2, 0) is 9.53 Å². The molecule has 0 aromatic rings. The van der Waals surface area contributed by atoms with E-state index in [1.807, 2.05) is 4.90 Å². The van der Waals surface area contributed by atoms with Gasteiger partial charge in [-0.3, -0.25) is 0 Å². The maximum Gasteiger partial charge on any atom is 0.335 e. The molecule has 0 spiro atoms. The highest BCUT2D eigenvalue weighted by Crippen LogP contribution is 2.04. The van der Waals surface area contributed by atoms with E-state index in [1.54, 1.807) is 6.08 Å². The van der Waals surface area contributed by atoms with Crippen LogP contribution in [0, 0.1) is 0 Å². The van der Waals surface area contributed by atoms with E-state index in [0.29, 0.717) is 19.0 Å². The first-order valence-electron chi connectivity index (χ1n) is 5.01. The second-order valence-corrected chi connectivity index (χ2v) is 3.32. The predicted octanol–water partition coefficient (Wildman–Crippen LogP) is 0.316. The monoisotopic (exact) mass is 224 g/mol. The SMILES string of the molecule is C=C/C(=C\C=C(/N)N1CCOCC1)C(=O)O. The third-order valence-corrected chi connectivity index (χ3v) is 2.28. The van der Waals surface area contributed by atoms with Gasteiger partial charge in [-0.2, -0.15) is 0 Å². The summed E-state index contributed by atoms with van der Waals surface area (Å²) in [6.07, 6.45) is 4.31. The van der Waals surface area contributed by atoms with Gasteiger partial charge in [0.2, 0.25) is 0 Å². The molecule has 1 fully saturated rings. The largest absolute Gasteiger partial charge is 0.478 e.